The summed E-state index contributed by atoms with van der Waals surface area (Å²) < 4.78 is 5.65. The minimum Gasteiger partial charge on any atom is -0.484 e. The summed E-state index contributed by atoms with van der Waals surface area (Å²) in [4.78, 5) is 22.4. The zero-order chi connectivity index (χ0) is 27.1. The molecule has 1 atom stereocenters. The van der Waals surface area contributed by atoms with Crippen molar-refractivity contribution in [2.24, 2.45) is 5.41 Å². The second-order valence-electron chi connectivity index (χ2n) is 10.8. The van der Waals surface area contributed by atoms with E-state index in [1.807, 2.05) is 13.0 Å². The molecule has 2 rings (SSSR count). The zero-order valence-corrected chi connectivity index (χ0v) is 22.9. The van der Waals surface area contributed by atoms with E-state index in [-0.39, 0.29) is 23.5 Å². The average Bonchev–Trinajstić information content (AvgIpc) is 2.82. The highest BCUT2D eigenvalue weighted by Crippen LogP contribution is 2.41. The molecule has 0 heterocycles. The van der Waals surface area contributed by atoms with Crippen LogP contribution in [0.3, 0.4) is 0 Å². The van der Waals surface area contributed by atoms with Crippen molar-refractivity contribution in [1.29, 1.82) is 0 Å². The first kappa shape index (κ1) is 29.4. The molecule has 0 aromatic heterocycles. The first-order valence-corrected chi connectivity index (χ1v) is 12.8. The summed E-state index contributed by atoms with van der Waals surface area (Å²) in [5, 5.41) is 21.4. The Hall–Kier alpha value is -2.86. The van der Waals surface area contributed by atoms with Crippen LogP contribution in [-0.2, 0) is 21.4 Å². The van der Waals surface area contributed by atoms with Crippen molar-refractivity contribution in [2.45, 2.75) is 85.7 Å². The highest BCUT2D eigenvalue weighted by Gasteiger charge is 2.31. The summed E-state index contributed by atoms with van der Waals surface area (Å²) in [7, 11) is 0. The molecule has 6 heteroatoms. The highest BCUT2D eigenvalue weighted by molar-refractivity contribution is 5.82. The van der Waals surface area contributed by atoms with Gasteiger partial charge in [0, 0.05) is 5.41 Å². The number of aliphatic carboxylic acids is 1. The molecule has 0 spiro atoms. The number of aryl methyl sites for hydroxylation is 3. The first-order chi connectivity index (χ1) is 16.8. The van der Waals surface area contributed by atoms with Crippen LogP contribution in [-0.4, -0.2) is 41.3 Å². The highest BCUT2D eigenvalue weighted by atomic mass is 16.5. The van der Waals surface area contributed by atoms with Crippen LogP contribution in [0.2, 0.25) is 0 Å². The van der Waals surface area contributed by atoms with Crippen LogP contribution in [0.1, 0.15) is 81.7 Å². The van der Waals surface area contributed by atoms with Crippen molar-refractivity contribution in [1.82, 2.24) is 5.32 Å². The van der Waals surface area contributed by atoms with Crippen LogP contribution in [0.4, 0.5) is 0 Å². The fourth-order valence-electron chi connectivity index (χ4n) is 4.71. The van der Waals surface area contributed by atoms with Crippen LogP contribution in [0.15, 0.2) is 36.4 Å². The van der Waals surface area contributed by atoms with Gasteiger partial charge in [0.25, 0.3) is 5.91 Å². The molecular weight excluding hydrogens is 454 g/mol. The molecule has 0 saturated carbocycles. The van der Waals surface area contributed by atoms with Crippen LogP contribution in [0, 0.1) is 19.3 Å². The van der Waals surface area contributed by atoms with E-state index < -0.39 is 18.4 Å². The molecule has 2 aromatic carbocycles. The predicted molar refractivity (Wildman–Crippen MR) is 144 cm³/mol. The number of ether oxygens (including phenoxy) is 1. The molecule has 0 aliphatic heterocycles. The molecule has 36 heavy (non-hydrogen) atoms. The standard InChI is InChI=1S/C30H43NO5/c1-8-30(9-2,23-12-10-22(20(3)16-23)11-15-26(32)29(5,6)7)24-13-14-25(21(4)17-24)36-19-27(33)31-18-28(34)35/h10,12-14,16-17,26,32H,8-9,11,15,18-19H2,1-7H3,(H,31,33)(H,34,35). The minimum absolute atomic E-state index is 0.122. The van der Waals surface area contributed by atoms with Gasteiger partial charge in [0.2, 0.25) is 0 Å². The third-order valence-electron chi connectivity index (χ3n) is 7.31. The van der Waals surface area contributed by atoms with E-state index in [1.54, 1.807) is 0 Å². The smallest absolute Gasteiger partial charge is 0.322 e. The van der Waals surface area contributed by atoms with E-state index in [0.29, 0.717) is 5.75 Å². The molecular formula is C30H43NO5. The second-order valence-corrected chi connectivity index (χ2v) is 10.8. The quantitative estimate of drug-likeness (QED) is 0.368. The maximum Gasteiger partial charge on any atom is 0.322 e. The van der Waals surface area contributed by atoms with E-state index in [2.05, 4.69) is 77.2 Å². The van der Waals surface area contributed by atoms with Crippen LogP contribution in [0.25, 0.3) is 0 Å². The Morgan fingerprint density at radius 3 is 2.06 bits per heavy atom. The largest absolute Gasteiger partial charge is 0.484 e. The minimum atomic E-state index is -1.09. The van der Waals surface area contributed by atoms with E-state index in [4.69, 9.17) is 9.84 Å². The molecule has 0 radical (unpaired) electrons. The summed E-state index contributed by atoms with van der Waals surface area (Å²) in [5.74, 6) is -0.956. The van der Waals surface area contributed by atoms with E-state index in [9.17, 15) is 14.7 Å². The van der Waals surface area contributed by atoms with Gasteiger partial charge in [-0.05, 0) is 78.8 Å². The molecule has 0 saturated heterocycles. The molecule has 0 aliphatic carbocycles. The molecule has 0 bridgehead atoms. The average molecular weight is 498 g/mol. The van der Waals surface area contributed by atoms with Gasteiger partial charge in [0.15, 0.2) is 6.61 Å². The number of carboxylic acids is 1. The van der Waals surface area contributed by atoms with Crippen LogP contribution in [0.5, 0.6) is 5.75 Å². The summed E-state index contributed by atoms with van der Waals surface area (Å²) in [6, 6.07) is 12.8. The van der Waals surface area contributed by atoms with Crippen LogP contribution < -0.4 is 10.1 Å². The van der Waals surface area contributed by atoms with Crippen molar-refractivity contribution >= 4 is 11.9 Å². The van der Waals surface area contributed by atoms with Crippen LogP contribution >= 0.6 is 0 Å². The number of amides is 1. The number of hydrogen-bond acceptors (Lipinski definition) is 4. The molecule has 0 fully saturated rings. The maximum absolute atomic E-state index is 11.8. The van der Waals surface area contributed by atoms with Gasteiger partial charge in [0.1, 0.15) is 12.3 Å². The summed E-state index contributed by atoms with van der Waals surface area (Å²) >= 11 is 0. The molecule has 198 valence electrons. The number of carboxylic acid groups (broad SMARTS) is 1. The van der Waals surface area contributed by atoms with E-state index in [1.165, 1.54) is 22.3 Å². The van der Waals surface area contributed by atoms with Gasteiger partial charge in [0.05, 0.1) is 6.10 Å². The lowest BCUT2D eigenvalue weighted by Gasteiger charge is -2.34. The lowest BCUT2D eigenvalue weighted by Crippen LogP contribution is -2.33. The van der Waals surface area contributed by atoms with Gasteiger partial charge < -0.3 is 20.3 Å². The molecule has 1 amide bonds. The SMILES string of the molecule is CCC(CC)(c1ccc(CCC(O)C(C)(C)C)c(C)c1)c1ccc(OCC(=O)NCC(=O)O)c(C)c1. The normalized spacial score (nSPS) is 12.8. The van der Waals surface area contributed by atoms with Crippen molar-refractivity contribution < 1.29 is 24.5 Å². The second kappa shape index (κ2) is 12.4. The molecule has 3 N–H and O–H groups in total. The van der Waals surface area contributed by atoms with Gasteiger partial charge in [-0.1, -0.05) is 65.0 Å². The zero-order valence-electron chi connectivity index (χ0n) is 22.9. The van der Waals surface area contributed by atoms with Crippen molar-refractivity contribution in [3.05, 3.63) is 64.2 Å². The summed E-state index contributed by atoms with van der Waals surface area (Å²) in [6.07, 6.45) is 3.12. The Morgan fingerprint density at radius 2 is 1.56 bits per heavy atom. The number of carbonyl (C=O) groups excluding carboxylic acids is 1. The Morgan fingerprint density at radius 1 is 0.972 bits per heavy atom. The number of benzene rings is 2. The monoisotopic (exact) mass is 497 g/mol. The summed E-state index contributed by atoms with van der Waals surface area (Å²) in [5.41, 5.74) is 5.62. The lowest BCUT2D eigenvalue weighted by molar-refractivity contribution is -0.138. The van der Waals surface area contributed by atoms with Gasteiger partial charge in [-0.15, -0.1) is 0 Å². The number of aliphatic hydroxyl groups excluding tert-OH is 1. The number of rotatable bonds is 12. The van der Waals surface area contributed by atoms with E-state index in [0.717, 1.165) is 31.2 Å². The maximum atomic E-state index is 11.8. The number of nitrogens with one attached hydrogen (secondary N) is 1. The van der Waals surface area contributed by atoms with Gasteiger partial charge >= 0.3 is 5.97 Å². The van der Waals surface area contributed by atoms with Crippen molar-refractivity contribution in [3.8, 4) is 5.75 Å². The number of aliphatic hydroxyl groups is 1. The molecule has 1 unspecified atom stereocenters. The fourth-order valence-corrected chi connectivity index (χ4v) is 4.71. The van der Waals surface area contributed by atoms with Gasteiger partial charge in [-0.3, -0.25) is 9.59 Å². The third-order valence-corrected chi connectivity index (χ3v) is 7.31. The van der Waals surface area contributed by atoms with Gasteiger partial charge in [-0.25, -0.2) is 0 Å². The predicted octanol–water partition coefficient (Wildman–Crippen LogP) is 5.33. The first-order valence-electron chi connectivity index (χ1n) is 12.8. The van der Waals surface area contributed by atoms with E-state index >= 15 is 0 Å². The third kappa shape index (κ3) is 7.33. The number of carbonyl (C=O) groups is 2. The summed E-state index contributed by atoms with van der Waals surface area (Å²) in [6.45, 7) is 14.1. The Labute approximate surface area is 216 Å². The lowest BCUT2D eigenvalue weighted by atomic mass is 9.69. The number of hydrogen-bond donors (Lipinski definition) is 3. The van der Waals surface area contributed by atoms with Crippen molar-refractivity contribution in [3.63, 3.8) is 0 Å². The fraction of sp³-hybridized carbons (Fsp3) is 0.533. The van der Waals surface area contributed by atoms with Gasteiger partial charge in [-0.2, -0.15) is 0 Å². The molecule has 2 aromatic rings. The molecule has 6 nitrogen and oxygen atoms in total. The Balaban J connectivity index is 2.24. The topological polar surface area (TPSA) is 95.9 Å². The Kier molecular flexibility index (Phi) is 10.1. The Bertz CT molecular complexity index is 1050. The molecule has 0 aliphatic rings. The van der Waals surface area contributed by atoms with Crippen molar-refractivity contribution in [2.75, 3.05) is 13.2 Å².